The van der Waals surface area contributed by atoms with Crippen LogP contribution in [0.2, 0.25) is 12.1 Å². The van der Waals surface area contributed by atoms with Crippen LogP contribution in [0.25, 0.3) is 0 Å². The lowest BCUT2D eigenvalue weighted by atomic mass is 10.5. The van der Waals surface area contributed by atoms with E-state index in [0.717, 1.165) is 0 Å². The molecule has 1 rings (SSSR count). The molecule has 0 aromatic rings. The smallest absolute Gasteiger partial charge is 0.0610 e. The first-order valence-corrected chi connectivity index (χ1v) is 5.36. The summed E-state index contributed by atoms with van der Waals surface area (Å²) < 4.78 is 0. The van der Waals surface area contributed by atoms with Gasteiger partial charge < -0.3 is 0 Å². The molecule has 7 heavy (non-hydrogen) atoms. The second-order valence-corrected chi connectivity index (χ2v) is 5.28. The third-order valence-electron chi connectivity index (χ3n) is 1.61. The minimum absolute atomic E-state index is 0.181. The molecule has 1 aliphatic rings. The molecule has 0 atom stereocenters. The molecule has 1 heterocycles. The van der Waals surface area contributed by atoms with Crippen LogP contribution in [0.1, 0.15) is 13.3 Å². The summed E-state index contributed by atoms with van der Waals surface area (Å²) in [6.45, 7) is 2.13. The molecule has 0 N–H and O–H groups in total. The van der Waals surface area contributed by atoms with E-state index in [0.29, 0.717) is 0 Å². The van der Waals surface area contributed by atoms with Crippen molar-refractivity contribution in [1.29, 1.82) is 0 Å². The van der Waals surface area contributed by atoms with Gasteiger partial charge in [-0.1, -0.05) is 24.6 Å². The molecule has 0 amide bonds. The van der Waals surface area contributed by atoms with E-state index >= 15 is 0 Å². The molecule has 0 aliphatic carbocycles. The lowest BCUT2D eigenvalue weighted by Gasteiger charge is -2.18. The summed E-state index contributed by atoms with van der Waals surface area (Å²) in [6, 6.07) is 3.15. The summed E-state index contributed by atoms with van der Waals surface area (Å²) in [5.41, 5.74) is 2.45. The van der Waals surface area contributed by atoms with Gasteiger partial charge in [-0.2, -0.15) is 0 Å². The minimum atomic E-state index is -0.181. The Balaban J connectivity index is 2.14. The molecule has 1 aliphatic heterocycles. The molecule has 0 unspecified atom stereocenters. The predicted octanol–water partition coefficient (Wildman–Crippen LogP) is 1.73. The Hall–Kier alpha value is -0.0431. The zero-order chi connectivity index (χ0) is 5.11. The Kier molecular flexibility index (Phi) is 1.68. The van der Waals surface area contributed by atoms with Crippen molar-refractivity contribution in [3.63, 3.8) is 0 Å². The van der Waals surface area contributed by atoms with E-state index in [1.54, 1.807) is 12.1 Å². The topological polar surface area (TPSA) is 0 Å². The summed E-state index contributed by atoms with van der Waals surface area (Å²) in [7, 11) is -0.181. The number of rotatable bonds is 1. The third kappa shape index (κ3) is 1.16. The van der Waals surface area contributed by atoms with Crippen molar-refractivity contribution in [3.05, 3.63) is 11.8 Å². The van der Waals surface area contributed by atoms with Crippen LogP contribution in [0.4, 0.5) is 0 Å². The van der Waals surface area contributed by atoms with Gasteiger partial charge in [0.15, 0.2) is 0 Å². The van der Waals surface area contributed by atoms with Gasteiger partial charge in [-0.3, -0.25) is 0 Å². The largest absolute Gasteiger partial charge is 0.102 e. The monoisotopic (exact) mass is 112 g/mol. The Morgan fingerprint density at radius 2 is 2.14 bits per heavy atom. The maximum atomic E-state index is 2.45. The SMILES string of the molecule is CC=C[SiH]1CCC1. The van der Waals surface area contributed by atoms with Crippen molar-refractivity contribution in [3.8, 4) is 0 Å². The van der Waals surface area contributed by atoms with Crippen molar-refractivity contribution in [1.82, 2.24) is 0 Å². The molecular formula is C6H12Si. The fourth-order valence-electron chi connectivity index (χ4n) is 0.904. The number of hydrogen-bond donors (Lipinski definition) is 0. The highest BCUT2D eigenvalue weighted by Crippen LogP contribution is 2.20. The van der Waals surface area contributed by atoms with Crippen molar-refractivity contribution in [2.75, 3.05) is 0 Å². The molecule has 40 valence electrons. The van der Waals surface area contributed by atoms with Gasteiger partial charge in [0.1, 0.15) is 0 Å². The second-order valence-electron chi connectivity index (χ2n) is 2.22. The lowest BCUT2D eigenvalue weighted by molar-refractivity contribution is 0.950. The summed E-state index contributed by atoms with van der Waals surface area (Å²) in [4.78, 5) is 0. The van der Waals surface area contributed by atoms with Crippen LogP contribution >= 0.6 is 0 Å². The average Bonchev–Trinajstić information content (AvgIpc) is 1.55. The summed E-state index contributed by atoms with van der Waals surface area (Å²) in [5, 5.41) is 0. The van der Waals surface area contributed by atoms with Crippen molar-refractivity contribution in [2.24, 2.45) is 0 Å². The molecular weight excluding hydrogens is 100 g/mol. The van der Waals surface area contributed by atoms with Crippen LogP contribution in [0, 0.1) is 0 Å². The van der Waals surface area contributed by atoms with Crippen LogP contribution < -0.4 is 0 Å². The number of allylic oxidation sites excluding steroid dienone is 1. The molecule has 1 fully saturated rings. The summed E-state index contributed by atoms with van der Waals surface area (Å²) in [6.07, 6.45) is 3.73. The molecule has 0 spiro atoms. The average molecular weight is 112 g/mol. The van der Waals surface area contributed by atoms with Gasteiger partial charge in [-0.05, 0) is 6.92 Å². The van der Waals surface area contributed by atoms with Gasteiger partial charge in [0.2, 0.25) is 0 Å². The molecule has 1 saturated heterocycles. The van der Waals surface area contributed by atoms with Gasteiger partial charge in [0.05, 0.1) is 8.80 Å². The van der Waals surface area contributed by atoms with Crippen molar-refractivity contribution < 1.29 is 0 Å². The second kappa shape index (κ2) is 2.31. The fourth-order valence-corrected chi connectivity index (χ4v) is 2.71. The van der Waals surface area contributed by atoms with E-state index in [9.17, 15) is 0 Å². The van der Waals surface area contributed by atoms with E-state index in [2.05, 4.69) is 18.7 Å². The zero-order valence-electron chi connectivity index (χ0n) is 4.85. The van der Waals surface area contributed by atoms with Gasteiger partial charge in [-0.25, -0.2) is 0 Å². The standard InChI is InChI=1S/C6H12Si/c1-2-4-7-5-3-6-7/h2,4,7H,3,5-6H2,1H3. The molecule has 0 radical (unpaired) electrons. The first-order chi connectivity index (χ1) is 3.43. The summed E-state index contributed by atoms with van der Waals surface area (Å²) >= 11 is 0. The molecule has 0 saturated carbocycles. The Labute approximate surface area is 46.8 Å². The molecule has 0 aromatic heterocycles. The minimum Gasteiger partial charge on any atom is -0.102 e. The van der Waals surface area contributed by atoms with Crippen LogP contribution in [-0.2, 0) is 0 Å². The fraction of sp³-hybridized carbons (Fsp3) is 0.667. The molecule has 1 heteroatoms. The lowest BCUT2D eigenvalue weighted by Crippen LogP contribution is -2.17. The quantitative estimate of drug-likeness (QED) is 0.453. The Bertz CT molecular complexity index is 72.2. The first kappa shape index (κ1) is 5.10. The normalized spacial score (nSPS) is 23.0. The Morgan fingerprint density at radius 3 is 2.29 bits per heavy atom. The van der Waals surface area contributed by atoms with Gasteiger partial charge >= 0.3 is 0 Å². The molecule has 0 bridgehead atoms. The summed E-state index contributed by atoms with van der Waals surface area (Å²) in [5.74, 6) is 0. The van der Waals surface area contributed by atoms with E-state index in [4.69, 9.17) is 0 Å². The maximum absolute atomic E-state index is 2.45. The molecule has 0 aromatic carbocycles. The van der Waals surface area contributed by atoms with E-state index in [1.165, 1.54) is 6.42 Å². The van der Waals surface area contributed by atoms with Crippen molar-refractivity contribution >= 4 is 8.80 Å². The zero-order valence-corrected chi connectivity index (χ0v) is 6.01. The van der Waals surface area contributed by atoms with Gasteiger partial charge in [0.25, 0.3) is 0 Å². The van der Waals surface area contributed by atoms with Crippen LogP contribution in [0.5, 0.6) is 0 Å². The van der Waals surface area contributed by atoms with Gasteiger partial charge in [-0.15, -0.1) is 5.70 Å². The van der Waals surface area contributed by atoms with E-state index < -0.39 is 0 Å². The van der Waals surface area contributed by atoms with Crippen LogP contribution in [0.15, 0.2) is 11.8 Å². The first-order valence-electron chi connectivity index (χ1n) is 3.06. The van der Waals surface area contributed by atoms with Crippen LogP contribution in [0.3, 0.4) is 0 Å². The highest BCUT2D eigenvalue weighted by Gasteiger charge is 2.14. The molecule has 0 nitrogen and oxygen atoms in total. The van der Waals surface area contributed by atoms with Crippen LogP contribution in [-0.4, -0.2) is 8.80 Å². The predicted molar refractivity (Wildman–Crippen MR) is 36.2 cm³/mol. The van der Waals surface area contributed by atoms with Crippen molar-refractivity contribution in [2.45, 2.75) is 25.4 Å². The highest BCUT2D eigenvalue weighted by atomic mass is 28.3. The maximum Gasteiger partial charge on any atom is 0.0610 e. The van der Waals surface area contributed by atoms with E-state index in [-0.39, 0.29) is 8.80 Å². The Morgan fingerprint density at radius 1 is 1.43 bits per heavy atom. The van der Waals surface area contributed by atoms with E-state index in [1.807, 2.05) is 0 Å². The van der Waals surface area contributed by atoms with Gasteiger partial charge in [0, 0.05) is 0 Å². The highest BCUT2D eigenvalue weighted by molar-refractivity contribution is 6.66. The number of hydrogen-bond acceptors (Lipinski definition) is 0. The third-order valence-corrected chi connectivity index (χ3v) is 4.84.